The third kappa shape index (κ3) is 2.44. The van der Waals surface area contributed by atoms with Gasteiger partial charge in [0.05, 0.1) is 5.69 Å². The fourth-order valence-electron chi connectivity index (χ4n) is 2.68. The lowest BCUT2D eigenvalue weighted by Crippen LogP contribution is -2.00. The molecule has 3 aromatic heterocycles. The first-order valence-corrected chi connectivity index (χ1v) is 7.50. The third-order valence-corrected chi connectivity index (χ3v) is 3.84. The van der Waals surface area contributed by atoms with E-state index in [2.05, 4.69) is 55.6 Å². The smallest absolute Gasteiger partial charge is 0.141 e. The lowest BCUT2D eigenvalue weighted by molar-refractivity contribution is 0.614. The summed E-state index contributed by atoms with van der Waals surface area (Å²) in [6, 6.07) is 8.68. The summed E-state index contributed by atoms with van der Waals surface area (Å²) in [5, 5.41) is 1.26. The first-order chi connectivity index (χ1) is 10.1. The van der Waals surface area contributed by atoms with Crippen LogP contribution in [0.2, 0.25) is 0 Å². The highest BCUT2D eigenvalue weighted by atomic mass is 15.1. The van der Waals surface area contributed by atoms with Crippen LogP contribution in [0.5, 0.6) is 0 Å². The van der Waals surface area contributed by atoms with E-state index in [0.717, 1.165) is 16.9 Å². The molecule has 0 aliphatic carbocycles. The average molecular weight is 279 g/mol. The van der Waals surface area contributed by atoms with Gasteiger partial charge in [0.2, 0.25) is 0 Å². The third-order valence-electron chi connectivity index (χ3n) is 3.84. The lowest BCUT2D eigenvalue weighted by atomic mass is 10.0. The van der Waals surface area contributed by atoms with Crippen LogP contribution in [0.15, 0.2) is 42.9 Å². The van der Waals surface area contributed by atoms with E-state index in [1.54, 1.807) is 6.20 Å². The lowest BCUT2D eigenvalue weighted by Gasteiger charge is -2.09. The highest BCUT2D eigenvalue weighted by Crippen LogP contribution is 2.30. The second-order valence-electron chi connectivity index (χ2n) is 6.05. The number of hydrogen-bond acceptors (Lipinski definition) is 2. The average Bonchev–Trinajstić information content (AvgIpc) is 2.87. The Morgan fingerprint density at radius 2 is 1.86 bits per heavy atom. The maximum absolute atomic E-state index is 4.89. The van der Waals surface area contributed by atoms with Crippen LogP contribution >= 0.6 is 0 Å². The minimum Gasteiger partial charge on any atom is -0.330 e. The Morgan fingerprint density at radius 3 is 2.48 bits per heavy atom. The number of fused-ring (bicyclic) bond motifs is 1. The first kappa shape index (κ1) is 13.8. The molecular formula is C18H21N3. The number of rotatable bonds is 3. The summed E-state index contributed by atoms with van der Waals surface area (Å²) in [6.07, 6.45) is 5.90. The van der Waals surface area contributed by atoms with Gasteiger partial charge in [-0.15, -0.1) is 0 Å². The molecule has 0 saturated carbocycles. The van der Waals surface area contributed by atoms with Crippen LogP contribution in [0.4, 0.5) is 0 Å². The van der Waals surface area contributed by atoms with Gasteiger partial charge in [-0.1, -0.05) is 13.8 Å². The van der Waals surface area contributed by atoms with Crippen LogP contribution < -0.4 is 0 Å². The quantitative estimate of drug-likeness (QED) is 0.689. The Hall–Kier alpha value is -2.16. The fraction of sp³-hybridized carbons (Fsp3) is 0.333. The highest BCUT2D eigenvalue weighted by molar-refractivity contribution is 5.83. The van der Waals surface area contributed by atoms with Crippen LogP contribution in [0, 0.1) is 0 Å². The molecule has 0 amide bonds. The van der Waals surface area contributed by atoms with Crippen LogP contribution in [0.3, 0.4) is 0 Å². The molecule has 0 aliphatic heterocycles. The van der Waals surface area contributed by atoms with Crippen molar-refractivity contribution < 1.29 is 0 Å². The minimum absolute atomic E-state index is 0.400. The molecule has 3 rings (SSSR count). The van der Waals surface area contributed by atoms with Crippen molar-refractivity contribution in [3.05, 3.63) is 48.4 Å². The molecule has 3 aromatic rings. The molecule has 0 saturated heterocycles. The van der Waals surface area contributed by atoms with E-state index < -0.39 is 0 Å². The van der Waals surface area contributed by atoms with Gasteiger partial charge in [0.1, 0.15) is 5.65 Å². The largest absolute Gasteiger partial charge is 0.330 e. The zero-order valence-electron chi connectivity index (χ0n) is 13.0. The minimum atomic E-state index is 0.400. The molecule has 3 heteroatoms. The standard InChI is InChI=1S/C18H21N3/c1-12(2)16-11-21(13(3)4)18-15(16)7-8-17(20-18)14-6-5-9-19-10-14/h5-13H,1-4H3. The number of nitrogens with zero attached hydrogens (tertiary/aromatic N) is 3. The van der Waals surface area contributed by atoms with Crippen LogP contribution in [0.25, 0.3) is 22.3 Å². The van der Waals surface area contributed by atoms with Crippen molar-refractivity contribution in [2.24, 2.45) is 0 Å². The Bertz CT molecular complexity index is 755. The van der Waals surface area contributed by atoms with E-state index >= 15 is 0 Å². The molecule has 0 unspecified atom stereocenters. The van der Waals surface area contributed by atoms with E-state index in [9.17, 15) is 0 Å². The van der Waals surface area contributed by atoms with Crippen LogP contribution in [-0.2, 0) is 0 Å². The molecule has 108 valence electrons. The molecule has 0 aromatic carbocycles. The van der Waals surface area contributed by atoms with Gasteiger partial charge in [-0.05, 0) is 49.6 Å². The van der Waals surface area contributed by atoms with Crippen molar-refractivity contribution >= 4 is 11.0 Å². The topological polar surface area (TPSA) is 30.7 Å². The molecule has 0 aliphatic rings. The summed E-state index contributed by atoms with van der Waals surface area (Å²) in [6.45, 7) is 8.85. The predicted molar refractivity (Wildman–Crippen MR) is 87.4 cm³/mol. The monoisotopic (exact) mass is 279 g/mol. The van der Waals surface area contributed by atoms with Crippen LogP contribution in [-0.4, -0.2) is 14.5 Å². The van der Waals surface area contributed by atoms with E-state index in [1.807, 2.05) is 18.3 Å². The van der Waals surface area contributed by atoms with E-state index in [4.69, 9.17) is 4.98 Å². The van der Waals surface area contributed by atoms with Crippen molar-refractivity contribution in [1.82, 2.24) is 14.5 Å². The Balaban J connectivity index is 2.23. The van der Waals surface area contributed by atoms with Gasteiger partial charge in [-0.25, -0.2) is 4.98 Å². The molecule has 0 spiro atoms. The molecule has 21 heavy (non-hydrogen) atoms. The summed E-state index contributed by atoms with van der Waals surface area (Å²) >= 11 is 0. The van der Waals surface area contributed by atoms with E-state index in [-0.39, 0.29) is 0 Å². The van der Waals surface area contributed by atoms with Crippen molar-refractivity contribution in [3.63, 3.8) is 0 Å². The predicted octanol–water partition coefficient (Wildman–Crippen LogP) is 4.80. The van der Waals surface area contributed by atoms with Crippen molar-refractivity contribution in [3.8, 4) is 11.3 Å². The molecule has 0 fully saturated rings. The van der Waals surface area contributed by atoms with E-state index in [0.29, 0.717) is 12.0 Å². The van der Waals surface area contributed by atoms with Crippen molar-refractivity contribution in [2.45, 2.75) is 39.7 Å². The number of hydrogen-bond donors (Lipinski definition) is 0. The summed E-state index contributed by atoms with van der Waals surface area (Å²) in [7, 11) is 0. The van der Waals surface area contributed by atoms with Gasteiger partial charge in [0.15, 0.2) is 0 Å². The first-order valence-electron chi connectivity index (χ1n) is 7.50. The Morgan fingerprint density at radius 1 is 1.05 bits per heavy atom. The highest BCUT2D eigenvalue weighted by Gasteiger charge is 2.15. The normalized spacial score (nSPS) is 11.7. The van der Waals surface area contributed by atoms with Gasteiger partial charge in [-0.2, -0.15) is 0 Å². The zero-order valence-corrected chi connectivity index (χ0v) is 13.0. The number of aromatic nitrogens is 3. The summed E-state index contributed by atoms with van der Waals surface area (Å²) < 4.78 is 2.27. The van der Waals surface area contributed by atoms with E-state index in [1.165, 1.54) is 10.9 Å². The zero-order chi connectivity index (χ0) is 15.0. The molecule has 3 nitrogen and oxygen atoms in total. The van der Waals surface area contributed by atoms with Crippen molar-refractivity contribution in [1.29, 1.82) is 0 Å². The molecule has 0 radical (unpaired) electrons. The maximum Gasteiger partial charge on any atom is 0.141 e. The molecule has 0 bridgehead atoms. The molecule has 0 atom stereocenters. The maximum atomic E-state index is 4.89. The van der Waals surface area contributed by atoms with Gasteiger partial charge in [0, 0.05) is 35.6 Å². The van der Waals surface area contributed by atoms with Crippen molar-refractivity contribution in [2.75, 3.05) is 0 Å². The fourth-order valence-corrected chi connectivity index (χ4v) is 2.68. The molecular weight excluding hydrogens is 258 g/mol. The molecule has 3 heterocycles. The summed E-state index contributed by atoms with van der Waals surface area (Å²) in [4.78, 5) is 9.08. The second kappa shape index (κ2) is 5.32. The Labute approximate surface area is 125 Å². The second-order valence-corrected chi connectivity index (χ2v) is 6.05. The summed E-state index contributed by atoms with van der Waals surface area (Å²) in [5.41, 5.74) is 4.46. The van der Waals surface area contributed by atoms with Gasteiger partial charge in [0.25, 0.3) is 0 Å². The SMILES string of the molecule is CC(C)c1cn(C(C)C)c2nc(-c3cccnc3)ccc12. The number of pyridine rings is 2. The van der Waals surface area contributed by atoms with Gasteiger partial charge < -0.3 is 4.57 Å². The molecule has 0 N–H and O–H groups in total. The van der Waals surface area contributed by atoms with Gasteiger partial charge >= 0.3 is 0 Å². The summed E-state index contributed by atoms with van der Waals surface area (Å²) in [5.74, 6) is 0.499. The van der Waals surface area contributed by atoms with Gasteiger partial charge in [-0.3, -0.25) is 4.98 Å². The Kier molecular flexibility index (Phi) is 3.50. The van der Waals surface area contributed by atoms with Crippen LogP contribution in [0.1, 0.15) is 45.2 Å².